The Morgan fingerprint density at radius 3 is 1.79 bits per heavy atom. The third kappa shape index (κ3) is 2.63. The minimum atomic E-state index is -0.0992. The molecular formula is C27H29NO. The molecule has 29 heavy (non-hydrogen) atoms. The Bertz CT molecular complexity index is 1040. The van der Waals surface area contributed by atoms with Gasteiger partial charge in [-0.3, -0.25) is 0 Å². The van der Waals surface area contributed by atoms with Crippen LogP contribution in [-0.4, -0.2) is 25.3 Å². The second-order valence-electron chi connectivity index (χ2n) is 8.74. The Morgan fingerprint density at radius 1 is 0.724 bits per heavy atom. The minimum absolute atomic E-state index is 0.0878. The van der Waals surface area contributed by atoms with E-state index in [4.69, 9.17) is 0 Å². The number of hydrogen-bond acceptors (Lipinski definition) is 2. The number of rotatable bonds is 5. The molecule has 0 fully saturated rings. The molecule has 0 heterocycles. The standard InChI is InChI=1S/C27H29NO/c1-28-19-27-18-21-10-2-4-11-22(21)26(15-8-16-29,24-13-6-7-14-25(24)27)17-20-9-3-5-12-23(20)27/h2-7,9-14,28-29H,8,15-19H2,1H3. The van der Waals surface area contributed by atoms with E-state index in [9.17, 15) is 5.11 Å². The molecule has 0 spiro atoms. The molecule has 0 amide bonds. The Kier molecular flexibility index (Phi) is 4.57. The molecule has 2 bridgehead atoms. The van der Waals surface area contributed by atoms with E-state index in [-0.39, 0.29) is 17.4 Å². The van der Waals surface area contributed by atoms with Crippen LogP contribution in [0.25, 0.3) is 0 Å². The molecule has 2 aliphatic rings. The maximum Gasteiger partial charge on any atom is 0.0431 e. The van der Waals surface area contributed by atoms with Gasteiger partial charge in [0.15, 0.2) is 0 Å². The first kappa shape index (κ1) is 18.6. The molecule has 0 saturated carbocycles. The zero-order chi connectivity index (χ0) is 19.9. The van der Waals surface area contributed by atoms with E-state index in [2.05, 4.69) is 85.2 Å². The van der Waals surface area contributed by atoms with Crippen molar-refractivity contribution < 1.29 is 5.11 Å². The van der Waals surface area contributed by atoms with Crippen molar-refractivity contribution in [1.29, 1.82) is 0 Å². The Balaban J connectivity index is 1.93. The first-order valence-electron chi connectivity index (χ1n) is 10.8. The first-order chi connectivity index (χ1) is 14.2. The van der Waals surface area contributed by atoms with E-state index in [0.717, 1.165) is 32.2 Å². The molecule has 0 radical (unpaired) electrons. The molecular weight excluding hydrogens is 354 g/mol. The Hall–Kier alpha value is -2.42. The topological polar surface area (TPSA) is 32.3 Å². The highest BCUT2D eigenvalue weighted by atomic mass is 16.2. The summed E-state index contributed by atoms with van der Waals surface area (Å²) in [6.07, 6.45) is 3.76. The van der Waals surface area contributed by atoms with Gasteiger partial charge in [0.25, 0.3) is 0 Å². The molecule has 2 atom stereocenters. The van der Waals surface area contributed by atoms with Crippen LogP contribution in [0.3, 0.4) is 0 Å². The summed E-state index contributed by atoms with van der Waals surface area (Å²) in [5.74, 6) is 0. The summed E-state index contributed by atoms with van der Waals surface area (Å²) >= 11 is 0. The van der Waals surface area contributed by atoms with Crippen molar-refractivity contribution in [2.45, 2.75) is 36.5 Å². The van der Waals surface area contributed by atoms with Gasteiger partial charge in [0.1, 0.15) is 0 Å². The molecule has 0 aliphatic heterocycles. The molecule has 3 aromatic rings. The smallest absolute Gasteiger partial charge is 0.0431 e. The highest BCUT2D eigenvalue weighted by Crippen LogP contribution is 2.55. The lowest BCUT2D eigenvalue weighted by Crippen LogP contribution is -2.40. The predicted molar refractivity (Wildman–Crippen MR) is 119 cm³/mol. The summed E-state index contributed by atoms with van der Waals surface area (Å²) in [5.41, 5.74) is 8.53. The molecule has 2 N–H and O–H groups in total. The number of fused-ring (bicyclic) bond motifs is 4. The minimum Gasteiger partial charge on any atom is -0.396 e. The van der Waals surface area contributed by atoms with Crippen LogP contribution in [0, 0.1) is 0 Å². The van der Waals surface area contributed by atoms with Crippen molar-refractivity contribution >= 4 is 0 Å². The summed E-state index contributed by atoms with van der Waals surface area (Å²) < 4.78 is 0. The van der Waals surface area contributed by atoms with E-state index in [0.29, 0.717) is 0 Å². The maximum atomic E-state index is 9.78. The zero-order valence-electron chi connectivity index (χ0n) is 17.1. The van der Waals surface area contributed by atoms with E-state index < -0.39 is 0 Å². The van der Waals surface area contributed by atoms with Crippen LogP contribution < -0.4 is 5.32 Å². The fourth-order valence-corrected chi connectivity index (χ4v) is 6.21. The SMILES string of the molecule is CNCC12Cc3ccccc3C(CCCO)(Cc3ccccc31)c1ccccc12. The molecule has 5 rings (SSSR count). The summed E-state index contributed by atoms with van der Waals surface area (Å²) in [6.45, 7) is 1.14. The fraction of sp³-hybridized carbons (Fsp3) is 0.333. The van der Waals surface area contributed by atoms with Crippen molar-refractivity contribution in [3.05, 3.63) is 106 Å². The summed E-state index contributed by atoms with van der Waals surface area (Å²) in [7, 11) is 2.07. The monoisotopic (exact) mass is 383 g/mol. The number of likely N-dealkylation sites (N-methyl/N-ethyl adjacent to an activating group) is 1. The van der Waals surface area contributed by atoms with Crippen LogP contribution in [0.5, 0.6) is 0 Å². The average molecular weight is 384 g/mol. The van der Waals surface area contributed by atoms with Gasteiger partial charge in [-0.05, 0) is 66.1 Å². The van der Waals surface area contributed by atoms with Crippen molar-refractivity contribution in [3.8, 4) is 0 Å². The normalized spacial score (nSPS) is 24.2. The Labute approximate surface area is 173 Å². The number of aliphatic hydroxyl groups excluding tert-OH is 1. The molecule has 2 unspecified atom stereocenters. The van der Waals surface area contributed by atoms with Crippen LogP contribution in [0.2, 0.25) is 0 Å². The quantitative estimate of drug-likeness (QED) is 0.686. The fourth-order valence-electron chi connectivity index (χ4n) is 6.21. The van der Waals surface area contributed by atoms with Crippen LogP contribution in [0.1, 0.15) is 46.2 Å². The first-order valence-corrected chi connectivity index (χ1v) is 10.8. The van der Waals surface area contributed by atoms with Crippen molar-refractivity contribution in [2.75, 3.05) is 20.2 Å². The lowest BCUT2D eigenvalue weighted by Gasteiger charge is -2.38. The molecule has 2 aliphatic carbocycles. The second-order valence-corrected chi connectivity index (χ2v) is 8.74. The van der Waals surface area contributed by atoms with Gasteiger partial charge in [0.05, 0.1) is 0 Å². The molecule has 3 aromatic carbocycles. The number of nitrogens with one attached hydrogen (secondary N) is 1. The van der Waals surface area contributed by atoms with Crippen LogP contribution in [-0.2, 0) is 23.7 Å². The van der Waals surface area contributed by atoms with E-state index in [1.54, 1.807) is 0 Å². The average Bonchev–Trinajstić information content (AvgIpc) is 2.92. The Morgan fingerprint density at radius 2 is 1.21 bits per heavy atom. The molecule has 2 nitrogen and oxygen atoms in total. The lowest BCUT2D eigenvalue weighted by molar-refractivity contribution is 0.268. The van der Waals surface area contributed by atoms with Crippen LogP contribution in [0.15, 0.2) is 72.8 Å². The van der Waals surface area contributed by atoms with Gasteiger partial charge in [0, 0.05) is 24.0 Å². The van der Waals surface area contributed by atoms with Gasteiger partial charge < -0.3 is 10.4 Å². The highest BCUT2D eigenvalue weighted by Gasteiger charge is 2.50. The molecule has 0 saturated heterocycles. The van der Waals surface area contributed by atoms with Crippen molar-refractivity contribution in [2.24, 2.45) is 0 Å². The number of aliphatic hydroxyl groups is 1. The third-order valence-corrected chi connectivity index (χ3v) is 7.25. The van der Waals surface area contributed by atoms with Gasteiger partial charge in [-0.15, -0.1) is 0 Å². The predicted octanol–water partition coefficient (Wildman–Crippen LogP) is 4.36. The maximum absolute atomic E-state index is 9.78. The van der Waals surface area contributed by atoms with Crippen LogP contribution in [0.4, 0.5) is 0 Å². The zero-order valence-corrected chi connectivity index (χ0v) is 17.1. The van der Waals surface area contributed by atoms with E-state index in [1.165, 1.54) is 33.4 Å². The van der Waals surface area contributed by atoms with E-state index in [1.807, 2.05) is 0 Å². The van der Waals surface area contributed by atoms with Gasteiger partial charge in [-0.25, -0.2) is 0 Å². The highest BCUT2D eigenvalue weighted by molar-refractivity contribution is 5.62. The largest absolute Gasteiger partial charge is 0.396 e. The van der Waals surface area contributed by atoms with Crippen molar-refractivity contribution in [3.63, 3.8) is 0 Å². The second kappa shape index (κ2) is 7.12. The molecule has 0 aromatic heterocycles. The van der Waals surface area contributed by atoms with Crippen molar-refractivity contribution in [1.82, 2.24) is 5.32 Å². The van der Waals surface area contributed by atoms with Gasteiger partial charge in [-0.1, -0.05) is 72.8 Å². The van der Waals surface area contributed by atoms with Gasteiger partial charge in [0.2, 0.25) is 0 Å². The van der Waals surface area contributed by atoms with Gasteiger partial charge >= 0.3 is 0 Å². The summed E-state index contributed by atoms with van der Waals surface area (Å²) in [4.78, 5) is 0. The molecule has 2 heteroatoms. The number of benzene rings is 3. The third-order valence-electron chi connectivity index (χ3n) is 7.25. The summed E-state index contributed by atoms with van der Waals surface area (Å²) in [5, 5.41) is 13.3. The number of hydrogen-bond donors (Lipinski definition) is 2. The lowest BCUT2D eigenvalue weighted by atomic mass is 9.66. The molecule has 148 valence electrons. The van der Waals surface area contributed by atoms with Crippen LogP contribution >= 0.6 is 0 Å². The summed E-state index contributed by atoms with van der Waals surface area (Å²) in [6, 6.07) is 27.2. The van der Waals surface area contributed by atoms with E-state index >= 15 is 0 Å². The van der Waals surface area contributed by atoms with Gasteiger partial charge in [-0.2, -0.15) is 0 Å².